The zero-order valence-corrected chi connectivity index (χ0v) is 8.45. The van der Waals surface area contributed by atoms with Crippen LogP contribution in [0.4, 0.5) is 0 Å². The van der Waals surface area contributed by atoms with Gasteiger partial charge in [0.2, 0.25) is 4.77 Å². The highest BCUT2D eigenvalue weighted by Gasteiger charge is 1.97. The van der Waals surface area contributed by atoms with Crippen LogP contribution in [0.25, 0.3) is 0 Å². The number of unbranched alkanes of at least 4 members (excludes halogenated alkanes) is 2. The van der Waals surface area contributed by atoms with Crippen LogP contribution >= 0.6 is 12.2 Å². The molecule has 1 aromatic heterocycles. The minimum absolute atomic E-state index is 0.640. The van der Waals surface area contributed by atoms with Crippen LogP contribution in [0.15, 0.2) is 0 Å². The summed E-state index contributed by atoms with van der Waals surface area (Å²) < 4.78 is 2.41. The van der Waals surface area contributed by atoms with E-state index < -0.39 is 0 Å². The van der Waals surface area contributed by atoms with Gasteiger partial charge in [0.05, 0.1) is 0 Å². The number of nitrogens with zero attached hydrogens (tertiary/aromatic N) is 2. The fourth-order valence-electron chi connectivity index (χ4n) is 1.11. The quantitative estimate of drug-likeness (QED) is 0.576. The minimum Gasteiger partial charge on any atom is -0.283 e. The molecule has 0 saturated carbocycles. The lowest BCUT2D eigenvalue weighted by atomic mass is 10.2. The average molecular weight is 185 g/mol. The van der Waals surface area contributed by atoms with Crippen LogP contribution in [0.2, 0.25) is 0 Å². The van der Waals surface area contributed by atoms with Crippen molar-refractivity contribution in [2.75, 3.05) is 0 Å². The zero-order valence-electron chi connectivity index (χ0n) is 7.63. The highest BCUT2D eigenvalue weighted by molar-refractivity contribution is 7.71. The van der Waals surface area contributed by atoms with Gasteiger partial charge in [0.1, 0.15) is 5.82 Å². The maximum atomic E-state index is 4.97. The molecule has 4 heteroatoms. The van der Waals surface area contributed by atoms with E-state index in [1.54, 1.807) is 4.68 Å². The topological polar surface area (TPSA) is 33.6 Å². The summed E-state index contributed by atoms with van der Waals surface area (Å²) in [6.45, 7) is 2.20. The number of aryl methyl sites for hydroxylation is 2. The van der Waals surface area contributed by atoms with Crippen molar-refractivity contribution in [3.63, 3.8) is 0 Å². The smallest absolute Gasteiger partial charge is 0.215 e. The van der Waals surface area contributed by atoms with Crippen molar-refractivity contribution >= 4 is 12.2 Å². The van der Waals surface area contributed by atoms with E-state index in [0.717, 1.165) is 12.2 Å². The van der Waals surface area contributed by atoms with Gasteiger partial charge in [-0.25, -0.2) is 4.98 Å². The van der Waals surface area contributed by atoms with E-state index in [1.165, 1.54) is 19.3 Å². The molecule has 0 aliphatic heterocycles. The summed E-state index contributed by atoms with van der Waals surface area (Å²) in [6, 6.07) is 0. The van der Waals surface area contributed by atoms with Crippen LogP contribution < -0.4 is 0 Å². The molecule has 1 heterocycles. The minimum atomic E-state index is 0.640. The molecule has 0 radical (unpaired) electrons. The van der Waals surface area contributed by atoms with Crippen molar-refractivity contribution in [3.8, 4) is 0 Å². The van der Waals surface area contributed by atoms with Crippen molar-refractivity contribution in [2.24, 2.45) is 7.05 Å². The van der Waals surface area contributed by atoms with Gasteiger partial charge in [-0.1, -0.05) is 19.8 Å². The molecule has 0 spiro atoms. The van der Waals surface area contributed by atoms with Gasteiger partial charge in [-0.3, -0.25) is 9.78 Å². The number of aromatic amines is 1. The molecule has 0 saturated heterocycles. The molecule has 0 aliphatic carbocycles. The van der Waals surface area contributed by atoms with E-state index in [2.05, 4.69) is 17.0 Å². The number of rotatable bonds is 4. The Labute approximate surface area is 77.8 Å². The Hall–Kier alpha value is -0.640. The van der Waals surface area contributed by atoms with Crippen molar-refractivity contribution < 1.29 is 0 Å². The van der Waals surface area contributed by atoms with E-state index in [0.29, 0.717) is 4.77 Å². The third-order valence-electron chi connectivity index (χ3n) is 1.83. The molecule has 3 nitrogen and oxygen atoms in total. The van der Waals surface area contributed by atoms with E-state index in [1.807, 2.05) is 7.05 Å². The van der Waals surface area contributed by atoms with E-state index in [4.69, 9.17) is 12.2 Å². The first kappa shape index (κ1) is 9.45. The monoisotopic (exact) mass is 185 g/mol. The standard InChI is InChI=1S/C8H15N3S/c1-3-4-5-6-7-9-8(12)11(2)10-7/h3-6H2,1-2H3,(H,9,10,12). The van der Waals surface area contributed by atoms with Gasteiger partial charge in [0.15, 0.2) is 0 Å². The van der Waals surface area contributed by atoms with Crippen molar-refractivity contribution in [1.29, 1.82) is 0 Å². The summed E-state index contributed by atoms with van der Waals surface area (Å²) in [5, 5.41) is 3.10. The molecule has 0 aromatic carbocycles. The lowest BCUT2D eigenvalue weighted by Crippen LogP contribution is -1.92. The predicted molar refractivity (Wildman–Crippen MR) is 51.6 cm³/mol. The van der Waals surface area contributed by atoms with Gasteiger partial charge in [-0.15, -0.1) is 0 Å². The van der Waals surface area contributed by atoms with Crippen molar-refractivity contribution in [2.45, 2.75) is 32.6 Å². The fourth-order valence-corrected chi connectivity index (χ4v) is 1.27. The summed E-state index contributed by atoms with van der Waals surface area (Å²) in [5.41, 5.74) is 0. The predicted octanol–water partition coefficient (Wildman–Crippen LogP) is 2.21. The number of nitrogens with one attached hydrogen (secondary N) is 1. The third kappa shape index (κ3) is 2.44. The second kappa shape index (κ2) is 4.40. The van der Waals surface area contributed by atoms with Gasteiger partial charge in [0, 0.05) is 13.5 Å². The van der Waals surface area contributed by atoms with E-state index in [9.17, 15) is 0 Å². The first-order valence-corrected chi connectivity index (χ1v) is 4.76. The van der Waals surface area contributed by atoms with Crippen LogP contribution in [-0.4, -0.2) is 14.8 Å². The van der Waals surface area contributed by atoms with Gasteiger partial charge in [-0.05, 0) is 18.6 Å². The fraction of sp³-hybridized carbons (Fsp3) is 0.750. The van der Waals surface area contributed by atoms with Gasteiger partial charge < -0.3 is 0 Å². The highest BCUT2D eigenvalue weighted by Crippen LogP contribution is 2.01. The molecule has 1 aromatic rings. The molecule has 1 N–H and O–H groups in total. The Morgan fingerprint density at radius 2 is 2.25 bits per heavy atom. The Balaban J connectivity index is 2.47. The van der Waals surface area contributed by atoms with Crippen LogP contribution in [0, 0.1) is 4.77 Å². The Bertz CT molecular complexity index is 287. The number of aromatic nitrogens is 3. The number of hydrogen-bond acceptors (Lipinski definition) is 2. The van der Waals surface area contributed by atoms with Crippen LogP contribution in [0.1, 0.15) is 32.0 Å². The largest absolute Gasteiger partial charge is 0.283 e. The molecule has 0 atom stereocenters. The molecule has 0 unspecified atom stereocenters. The van der Waals surface area contributed by atoms with Crippen LogP contribution in [0.5, 0.6) is 0 Å². The number of hydrogen-bond donors (Lipinski definition) is 1. The SMILES string of the molecule is CCCCCc1nc(=S)n(C)[nH]1. The maximum absolute atomic E-state index is 4.97. The van der Waals surface area contributed by atoms with Gasteiger partial charge in [-0.2, -0.15) is 0 Å². The summed E-state index contributed by atoms with van der Waals surface area (Å²) in [6.07, 6.45) is 4.71. The van der Waals surface area contributed by atoms with Crippen LogP contribution in [-0.2, 0) is 13.5 Å². The molecule has 1 rings (SSSR count). The molecule has 12 heavy (non-hydrogen) atoms. The zero-order chi connectivity index (χ0) is 8.97. The first-order valence-electron chi connectivity index (χ1n) is 4.36. The summed E-state index contributed by atoms with van der Waals surface area (Å²) in [5.74, 6) is 1.01. The lowest BCUT2D eigenvalue weighted by molar-refractivity contribution is 0.676. The van der Waals surface area contributed by atoms with Gasteiger partial charge in [0.25, 0.3) is 0 Å². The molecular formula is C8H15N3S. The Kier molecular flexibility index (Phi) is 3.47. The maximum Gasteiger partial charge on any atom is 0.215 e. The summed E-state index contributed by atoms with van der Waals surface area (Å²) >= 11 is 4.97. The Morgan fingerprint density at radius 1 is 1.50 bits per heavy atom. The highest BCUT2D eigenvalue weighted by atomic mass is 32.1. The summed E-state index contributed by atoms with van der Waals surface area (Å²) in [4.78, 5) is 4.20. The van der Waals surface area contributed by atoms with E-state index >= 15 is 0 Å². The molecular weight excluding hydrogens is 170 g/mol. The van der Waals surface area contributed by atoms with Crippen LogP contribution in [0.3, 0.4) is 0 Å². The van der Waals surface area contributed by atoms with Crippen molar-refractivity contribution in [3.05, 3.63) is 10.6 Å². The van der Waals surface area contributed by atoms with Crippen molar-refractivity contribution in [1.82, 2.24) is 14.8 Å². The lowest BCUT2D eigenvalue weighted by Gasteiger charge is -1.93. The first-order chi connectivity index (χ1) is 5.74. The third-order valence-corrected chi connectivity index (χ3v) is 2.20. The average Bonchev–Trinajstić information content (AvgIpc) is 2.32. The second-order valence-corrected chi connectivity index (χ2v) is 3.33. The normalized spacial score (nSPS) is 10.5. The molecule has 0 aliphatic rings. The van der Waals surface area contributed by atoms with Gasteiger partial charge >= 0.3 is 0 Å². The molecule has 68 valence electrons. The van der Waals surface area contributed by atoms with E-state index in [-0.39, 0.29) is 0 Å². The molecule has 0 bridgehead atoms. The molecule has 0 amide bonds. The molecule has 0 fully saturated rings. The number of H-pyrrole nitrogens is 1. The summed E-state index contributed by atoms with van der Waals surface area (Å²) in [7, 11) is 1.89. The second-order valence-electron chi connectivity index (χ2n) is 2.97. The Morgan fingerprint density at radius 3 is 2.75 bits per heavy atom.